The first kappa shape index (κ1) is 14.7. The van der Waals surface area contributed by atoms with Crippen molar-refractivity contribution in [2.24, 2.45) is 5.73 Å². The minimum absolute atomic E-state index is 0.0586. The molecule has 0 saturated heterocycles. The van der Waals surface area contributed by atoms with Gasteiger partial charge in [0.1, 0.15) is 0 Å². The van der Waals surface area contributed by atoms with E-state index in [1.807, 2.05) is 31.2 Å². The fraction of sp³-hybridized carbons (Fsp3) is 0.333. The van der Waals surface area contributed by atoms with E-state index in [0.717, 1.165) is 10.0 Å². The Bertz CT molecular complexity index is 420. The summed E-state index contributed by atoms with van der Waals surface area (Å²) in [4.78, 5) is 22.4. The van der Waals surface area contributed by atoms with Gasteiger partial charge in [0.2, 0.25) is 11.8 Å². The van der Waals surface area contributed by atoms with Crippen LogP contribution < -0.4 is 16.4 Å². The van der Waals surface area contributed by atoms with Crippen LogP contribution in [0, 0.1) is 0 Å². The normalized spacial score (nSPS) is 11.7. The third-order valence-corrected chi connectivity index (χ3v) is 2.91. The van der Waals surface area contributed by atoms with Gasteiger partial charge in [-0.1, -0.05) is 28.1 Å². The number of nitrogens with two attached hydrogens (primary N) is 1. The van der Waals surface area contributed by atoms with E-state index in [1.165, 1.54) is 0 Å². The third kappa shape index (κ3) is 4.85. The van der Waals surface area contributed by atoms with E-state index in [0.29, 0.717) is 0 Å². The monoisotopic (exact) mass is 313 g/mol. The number of nitrogens with one attached hydrogen (secondary N) is 2. The van der Waals surface area contributed by atoms with Crippen molar-refractivity contribution in [2.45, 2.75) is 13.0 Å². The Labute approximate surface area is 114 Å². The molecule has 0 bridgehead atoms. The second-order valence-corrected chi connectivity index (χ2v) is 4.74. The van der Waals surface area contributed by atoms with Crippen molar-refractivity contribution in [1.29, 1.82) is 0 Å². The van der Waals surface area contributed by atoms with Crippen molar-refractivity contribution < 1.29 is 9.59 Å². The molecule has 4 N–H and O–H groups in total. The zero-order valence-corrected chi connectivity index (χ0v) is 11.7. The quantitative estimate of drug-likeness (QED) is 0.748. The highest BCUT2D eigenvalue weighted by molar-refractivity contribution is 9.10. The van der Waals surface area contributed by atoms with Crippen molar-refractivity contribution in [2.75, 3.05) is 13.1 Å². The van der Waals surface area contributed by atoms with Crippen molar-refractivity contribution >= 4 is 27.7 Å². The van der Waals surface area contributed by atoms with Crippen LogP contribution >= 0.6 is 15.9 Å². The van der Waals surface area contributed by atoms with Gasteiger partial charge in [0.05, 0.1) is 19.1 Å². The summed E-state index contributed by atoms with van der Waals surface area (Å²) in [7, 11) is 0. The van der Waals surface area contributed by atoms with Crippen molar-refractivity contribution in [3.05, 3.63) is 34.3 Å². The number of hydrogen-bond donors (Lipinski definition) is 3. The number of rotatable bonds is 5. The highest BCUT2D eigenvalue weighted by atomic mass is 79.9. The smallest absolute Gasteiger partial charge is 0.239 e. The fourth-order valence-corrected chi connectivity index (χ4v) is 1.64. The molecule has 1 aromatic carbocycles. The lowest BCUT2D eigenvalue weighted by Crippen LogP contribution is -2.40. The Balaban J connectivity index is 2.44. The second-order valence-electron chi connectivity index (χ2n) is 3.82. The summed E-state index contributed by atoms with van der Waals surface area (Å²) in [5, 5.41) is 5.20. The predicted molar refractivity (Wildman–Crippen MR) is 72.8 cm³/mol. The molecule has 0 saturated carbocycles. The van der Waals surface area contributed by atoms with Gasteiger partial charge >= 0.3 is 0 Å². The zero-order valence-electron chi connectivity index (χ0n) is 10.1. The van der Waals surface area contributed by atoms with Crippen LogP contribution in [0.5, 0.6) is 0 Å². The van der Waals surface area contributed by atoms with Crippen LogP contribution in [0.3, 0.4) is 0 Å². The lowest BCUT2D eigenvalue weighted by molar-refractivity contribution is -0.125. The van der Waals surface area contributed by atoms with E-state index < -0.39 is 0 Å². The molecule has 0 fully saturated rings. The lowest BCUT2D eigenvalue weighted by atomic mass is 10.1. The van der Waals surface area contributed by atoms with Crippen LogP contribution in [0.25, 0.3) is 0 Å². The Hall–Kier alpha value is -1.40. The van der Waals surface area contributed by atoms with Gasteiger partial charge in [-0.25, -0.2) is 0 Å². The van der Waals surface area contributed by atoms with Crippen LogP contribution in [0.2, 0.25) is 0 Å². The molecule has 98 valence electrons. The van der Waals surface area contributed by atoms with Crippen LogP contribution in [0.1, 0.15) is 18.5 Å². The number of halogens is 1. The minimum Gasteiger partial charge on any atom is -0.348 e. The SMILES string of the molecule is C[C@H](NC(=O)CNC(=O)CN)c1ccc(Br)cc1. The molecule has 5 nitrogen and oxygen atoms in total. The molecule has 0 radical (unpaired) electrons. The zero-order chi connectivity index (χ0) is 13.5. The van der Waals surface area contributed by atoms with E-state index in [4.69, 9.17) is 5.73 Å². The standard InChI is InChI=1S/C12H16BrN3O2/c1-8(9-2-4-10(13)5-3-9)16-12(18)7-15-11(17)6-14/h2-5,8H,6-7,14H2,1H3,(H,15,17)(H,16,18)/t8-/m0/s1. The Morgan fingerprint density at radius 1 is 1.28 bits per heavy atom. The molecule has 1 aromatic rings. The molecular formula is C12H16BrN3O2. The number of hydrogen-bond acceptors (Lipinski definition) is 3. The largest absolute Gasteiger partial charge is 0.348 e. The molecule has 0 aromatic heterocycles. The van der Waals surface area contributed by atoms with Crippen LogP contribution in [0.4, 0.5) is 0 Å². The molecule has 0 heterocycles. The van der Waals surface area contributed by atoms with Crippen molar-refractivity contribution in [1.82, 2.24) is 10.6 Å². The fourth-order valence-electron chi connectivity index (χ4n) is 1.38. The summed E-state index contributed by atoms with van der Waals surface area (Å²) in [6.45, 7) is 1.71. The van der Waals surface area contributed by atoms with Crippen LogP contribution in [-0.2, 0) is 9.59 Å². The highest BCUT2D eigenvalue weighted by Gasteiger charge is 2.09. The van der Waals surface area contributed by atoms with Gasteiger partial charge in [0.25, 0.3) is 0 Å². The minimum atomic E-state index is -0.346. The molecule has 18 heavy (non-hydrogen) atoms. The number of benzene rings is 1. The molecule has 6 heteroatoms. The van der Waals surface area contributed by atoms with E-state index in [1.54, 1.807) is 0 Å². The Kier molecular flexibility index (Phi) is 5.80. The topological polar surface area (TPSA) is 84.2 Å². The van der Waals surface area contributed by atoms with Gasteiger partial charge in [-0.15, -0.1) is 0 Å². The van der Waals surface area contributed by atoms with Crippen LogP contribution in [-0.4, -0.2) is 24.9 Å². The molecule has 1 atom stereocenters. The summed E-state index contributed by atoms with van der Waals surface area (Å²) < 4.78 is 0.986. The average Bonchev–Trinajstić information content (AvgIpc) is 2.36. The maximum Gasteiger partial charge on any atom is 0.239 e. The van der Waals surface area contributed by atoms with Gasteiger partial charge in [-0.05, 0) is 24.6 Å². The van der Waals surface area contributed by atoms with Crippen LogP contribution in [0.15, 0.2) is 28.7 Å². The van der Waals surface area contributed by atoms with E-state index in [9.17, 15) is 9.59 Å². The average molecular weight is 314 g/mol. The van der Waals surface area contributed by atoms with Gasteiger partial charge in [-0.2, -0.15) is 0 Å². The first-order valence-corrected chi connectivity index (χ1v) is 6.34. The summed E-state index contributed by atoms with van der Waals surface area (Å²) in [5.41, 5.74) is 6.11. The van der Waals surface area contributed by atoms with Gasteiger partial charge in [-0.3, -0.25) is 9.59 Å². The maximum absolute atomic E-state index is 11.5. The highest BCUT2D eigenvalue weighted by Crippen LogP contribution is 2.16. The van der Waals surface area contributed by atoms with E-state index >= 15 is 0 Å². The summed E-state index contributed by atoms with van der Waals surface area (Å²) >= 11 is 3.35. The van der Waals surface area contributed by atoms with Crippen molar-refractivity contribution in [3.63, 3.8) is 0 Å². The molecular weight excluding hydrogens is 298 g/mol. The van der Waals surface area contributed by atoms with Gasteiger partial charge in [0, 0.05) is 4.47 Å². The molecule has 0 aliphatic heterocycles. The molecule has 2 amide bonds. The Morgan fingerprint density at radius 3 is 2.44 bits per heavy atom. The summed E-state index contributed by atoms with van der Waals surface area (Å²) in [6.07, 6.45) is 0. The molecule has 0 unspecified atom stereocenters. The van der Waals surface area contributed by atoms with E-state index in [2.05, 4.69) is 26.6 Å². The number of carbonyl (C=O) groups is 2. The predicted octanol–water partition coefficient (Wildman–Crippen LogP) is 0.701. The summed E-state index contributed by atoms with van der Waals surface area (Å²) in [6, 6.07) is 7.56. The van der Waals surface area contributed by atoms with Gasteiger partial charge in [0.15, 0.2) is 0 Å². The Morgan fingerprint density at radius 2 is 1.89 bits per heavy atom. The summed E-state index contributed by atoms with van der Waals surface area (Å²) in [5.74, 6) is -0.589. The van der Waals surface area contributed by atoms with E-state index in [-0.39, 0.29) is 30.9 Å². The first-order valence-electron chi connectivity index (χ1n) is 5.54. The second kappa shape index (κ2) is 7.13. The molecule has 0 aliphatic rings. The molecule has 0 spiro atoms. The third-order valence-electron chi connectivity index (χ3n) is 2.38. The molecule has 1 rings (SSSR count). The maximum atomic E-state index is 11.5. The van der Waals surface area contributed by atoms with Gasteiger partial charge < -0.3 is 16.4 Å². The number of amides is 2. The first-order chi connectivity index (χ1) is 8.52. The van der Waals surface area contributed by atoms with Crippen molar-refractivity contribution in [3.8, 4) is 0 Å². The number of carbonyl (C=O) groups excluding carboxylic acids is 2. The lowest BCUT2D eigenvalue weighted by Gasteiger charge is -2.14. The molecule has 0 aliphatic carbocycles.